The molecule has 0 aliphatic carbocycles. The van der Waals surface area contributed by atoms with Crippen LogP contribution in [-0.4, -0.2) is 21.3 Å². The van der Waals surface area contributed by atoms with Gasteiger partial charge in [0.15, 0.2) is 0 Å². The van der Waals surface area contributed by atoms with Crippen LogP contribution in [0.5, 0.6) is 17.2 Å². The zero-order valence-electron chi connectivity index (χ0n) is 11.8. The lowest BCUT2D eigenvalue weighted by molar-refractivity contribution is 0.416. The van der Waals surface area contributed by atoms with Gasteiger partial charge in [-0.3, -0.25) is 0 Å². The van der Waals surface area contributed by atoms with Crippen molar-refractivity contribution >= 4 is 34.0 Å². The Labute approximate surface area is 135 Å². The smallest absolute Gasteiger partial charge is 0.138 e. The summed E-state index contributed by atoms with van der Waals surface area (Å²) in [6.45, 7) is 0. The Morgan fingerprint density at radius 3 is 2.29 bits per heavy atom. The summed E-state index contributed by atoms with van der Waals surface area (Å²) in [6, 6.07) is 6.09. The van der Waals surface area contributed by atoms with Gasteiger partial charge in [-0.15, -0.1) is 34.0 Å². The van der Waals surface area contributed by atoms with E-state index in [1.165, 1.54) is 0 Å². The predicted molar refractivity (Wildman–Crippen MR) is 90.6 cm³/mol. The molecule has 0 radical (unpaired) electrons. The summed E-state index contributed by atoms with van der Waals surface area (Å²) < 4.78 is 16.2. The predicted octanol–water partition coefficient (Wildman–Crippen LogP) is 5.23. The molecule has 3 rings (SSSR count). The first-order chi connectivity index (χ1) is 10.3. The number of thiophene rings is 3. The van der Waals surface area contributed by atoms with Crippen LogP contribution < -0.4 is 14.2 Å². The third-order valence-corrected chi connectivity index (χ3v) is 6.31. The molecule has 0 N–H and O–H groups in total. The minimum Gasteiger partial charge on any atom is -0.496 e. The maximum absolute atomic E-state index is 5.53. The van der Waals surface area contributed by atoms with Crippen molar-refractivity contribution in [1.29, 1.82) is 0 Å². The molecule has 6 heteroatoms. The van der Waals surface area contributed by atoms with E-state index in [1.807, 2.05) is 22.9 Å². The van der Waals surface area contributed by atoms with Crippen LogP contribution in [0.1, 0.15) is 0 Å². The van der Waals surface area contributed by atoms with Crippen LogP contribution in [0.3, 0.4) is 0 Å². The van der Waals surface area contributed by atoms with E-state index < -0.39 is 0 Å². The van der Waals surface area contributed by atoms with Crippen LogP contribution >= 0.6 is 34.0 Å². The standard InChI is InChI=1S/C15H14O3S3/c1-16-9-6-12(20-8-9)15-11(18-3)7-13(21-15)14-10(17-2)4-5-19-14/h4-8H,1-3H3. The summed E-state index contributed by atoms with van der Waals surface area (Å²) in [5.74, 6) is 2.66. The molecule has 0 unspecified atom stereocenters. The van der Waals surface area contributed by atoms with Crippen molar-refractivity contribution in [2.45, 2.75) is 0 Å². The molecule has 0 atom stereocenters. The normalized spacial score (nSPS) is 10.6. The Kier molecular flexibility index (Phi) is 4.19. The topological polar surface area (TPSA) is 27.7 Å². The monoisotopic (exact) mass is 338 g/mol. The van der Waals surface area contributed by atoms with E-state index in [4.69, 9.17) is 14.2 Å². The molecule has 0 fully saturated rings. The van der Waals surface area contributed by atoms with E-state index in [9.17, 15) is 0 Å². The Morgan fingerprint density at radius 2 is 1.62 bits per heavy atom. The molecule has 0 amide bonds. The Hall–Kier alpha value is -1.50. The molecule has 0 aromatic carbocycles. The lowest BCUT2D eigenvalue weighted by atomic mass is 10.3. The molecule has 21 heavy (non-hydrogen) atoms. The molecule has 0 aliphatic heterocycles. The van der Waals surface area contributed by atoms with Gasteiger partial charge < -0.3 is 14.2 Å². The Morgan fingerprint density at radius 1 is 0.810 bits per heavy atom. The summed E-state index contributed by atoms with van der Waals surface area (Å²) in [7, 11) is 5.08. The molecule has 0 spiro atoms. The van der Waals surface area contributed by atoms with Crippen molar-refractivity contribution in [3.63, 3.8) is 0 Å². The second-order valence-electron chi connectivity index (χ2n) is 4.18. The summed E-state index contributed by atoms with van der Waals surface area (Å²) in [4.78, 5) is 4.56. The highest BCUT2D eigenvalue weighted by Gasteiger charge is 2.18. The number of rotatable bonds is 5. The van der Waals surface area contributed by atoms with Crippen LogP contribution in [0, 0.1) is 0 Å². The number of methoxy groups -OCH3 is 3. The molecule has 3 heterocycles. The molecule has 110 valence electrons. The van der Waals surface area contributed by atoms with E-state index in [0.717, 1.165) is 36.8 Å². The van der Waals surface area contributed by atoms with Crippen LogP contribution in [-0.2, 0) is 0 Å². The third-order valence-electron chi connectivity index (χ3n) is 3.03. The summed E-state index contributed by atoms with van der Waals surface area (Å²) in [5, 5.41) is 4.04. The minimum absolute atomic E-state index is 0.876. The lowest BCUT2D eigenvalue weighted by Gasteiger charge is -1.98. The van der Waals surface area contributed by atoms with Gasteiger partial charge in [0.05, 0.1) is 40.8 Å². The molecule has 3 nitrogen and oxygen atoms in total. The van der Waals surface area contributed by atoms with Crippen molar-refractivity contribution in [2.24, 2.45) is 0 Å². The third kappa shape index (κ3) is 2.66. The largest absolute Gasteiger partial charge is 0.496 e. The average molecular weight is 338 g/mol. The highest BCUT2D eigenvalue weighted by atomic mass is 32.1. The van der Waals surface area contributed by atoms with Crippen molar-refractivity contribution in [2.75, 3.05) is 21.3 Å². The molecule has 0 bridgehead atoms. The van der Waals surface area contributed by atoms with E-state index in [0.29, 0.717) is 0 Å². The highest BCUT2D eigenvalue weighted by Crippen LogP contribution is 2.48. The van der Waals surface area contributed by atoms with Crippen molar-refractivity contribution < 1.29 is 14.2 Å². The second-order valence-corrected chi connectivity index (χ2v) is 7.06. The molecule has 0 saturated carbocycles. The van der Waals surface area contributed by atoms with Crippen molar-refractivity contribution in [1.82, 2.24) is 0 Å². The Balaban J connectivity index is 2.06. The first-order valence-electron chi connectivity index (χ1n) is 6.19. The van der Waals surface area contributed by atoms with Gasteiger partial charge in [0.1, 0.15) is 17.2 Å². The zero-order chi connectivity index (χ0) is 14.8. The van der Waals surface area contributed by atoms with Crippen molar-refractivity contribution in [3.8, 4) is 36.8 Å². The van der Waals surface area contributed by atoms with Crippen molar-refractivity contribution in [3.05, 3.63) is 29.0 Å². The SMILES string of the molecule is COc1csc(-c2sc(-c3sccc3OC)cc2OC)c1. The summed E-state index contributed by atoms with van der Waals surface area (Å²) in [6.07, 6.45) is 0. The minimum atomic E-state index is 0.876. The first kappa shape index (κ1) is 14.4. The van der Waals surface area contributed by atoms with E-state index in [1.54, 1.807) is 55.3 Å². The van der Waals surface area contributed by atoms with Gasteiger partial charge in [0.25, 0.3) is 0 Å². The van der Waals surface area contributed by atoms with Gasteiger partial charge >= 0.3 is 0 Å². The summed E-state index contributed by atoms with van der Waals surface area (Å²) in [5.41, 5.74) is 0. The fourth-order valence-corrected chi connectivity index (χ4v) is 5.08. The van der Waals surface area contributed by atoms with E-state index in [2.05, 4.69) is 6.07 Å². The van der Waals surface area contributed by atoms with E-state index >= 15 is 0 Å². The molecule has 3 aromatic rings. The summed E-state index contributed by atoms with van der Waals surface area (Å²) >= 11 is 5.04. The number of hydrogen-bond acceptors (Lipinski definition) is 6. The quantitative estimate of drug-likeness (QED) is 0.637. The first-order valence-corrected chi connectivity index (χ1v) is 8.77. The molecule has 0 aliphatic rings. The fourth-order valence-electron chi connectivity index (χ4n) is 1.99. The van der Waals surface area contributed by atoms with Crippen LogP contribution in [0.25, 0.3) is 19.5 Å². The van der Waals surface area contributed by atoms with Gasteiger partial charge in [0, 0.05) is 11.4 Å². The molecule has 3 aromatic heterocycles. The van der Waals surface area contributed by atoms with Gasteiger partial charge in [-0.25, -0.2) is 0 Å². The van der Waals surface area contributed by atoms with Crippen LogP contribution in [0.15, 0.2) is 29.0 Å². The zero-order valence-corrected chi connectivity index (χ0v) is 14.3. The number of hydrogen-bond donors (Lipinski definition) is 0. The molecular formula is C15H14O3S3. The van der Waals surface area contributed by atoms with Crippen LogP contribution in [0.2, 0.25) is 0 Å². The average Bonchev–Trinajstić information content (AvgIpc) is 3.23. The van der Waals surface area contributed by atoms with E-state index in [-0.39, 0.29) is 0 Å². The lowest BCUT2D eigenvalue weighted by Crippen LogP contribution is -1.81. The maximum Gasteiger partial charge on any atom is 0.138 e. The maximum atomic E-state index is 5.53. The van der Waals surface area contributed by atoms with Gasteiger partial charge in [-0.2, -0.15) is 0 Å². The second kappa shape index (κ2) is 6.09. The van der Waals surface area contributed by atoms with Crippen LogP contribution in [0.4, 0.5) is 0 Å². The Bertz CT molecular complexity index is 739. The van der Waals surface area contributed by atoms with Gasteiger partial charge in [-0.05, 0) is 17.5 Å². The highest BCUT2D eigenvalue weighted by molar-refractivity contribution is 7.26. The number of ether oxygens (including phenoxy) is 3. The van der Waals surface area contributed by atoms with Gasteiger partial charge in [0.2, 0.25) is 0 Å². The van der Waals surface area contributed by atoms with Gasteiger partial charge in [-0.1, -0.05) is 0 Å². The fraction of sp³-hybridized carbons (Fsp3) is 0.200. The molecular weight excluding hydrogens is 324 g/mol. The molecule has 0 saturated heterocycles.